The number of benzene rings is 2. The molecule has 0 bridgehead atoms. The fourth-order valence-corrected chi connectivity index (χ4v) is 6.29. The topological polar surface area (TPSA) is 36.4 Å². The minimum absolute atomic E-state index is 0.140. The van der Waals surface area contributed by atoms with E-state index in [9.17, 15) is 4.79 Å². The number of hydrogen-bond donors (Lipinski definition) is 0. The first-order valence-corrected chi connectivity index (χ1v) is 13.6. The molecule has 5 rings (SSSR count). The monoisotopic (exact) mass is 509 g/mol. The van der Waals surface area contributed by atoms with Crippen LogP contribution >= 0.6 is 23.2 Å². The Morgan fingerprint density at radius 2 is 1.80 bits per heavy atom. The van der Waals surface area contributed by atoms with Crippen molar-refractivity contribution in [3.05, 3.63) is 75.9 Å². The number of amides is 1. The quantitative estimate of drug-likeness (QED) is 0.382. The maximum atomic E-state index is 13.2. The molecule has 2 aliphatic rings. The summed E-state index contributed by atoms with van der Waals surface area (Å²) in [7, 11) is 0. The van der Waals surface area contributed by atoms with Crippen LogP contribution in [0.25, 0.3) is 10.9 Å². The van der Waals surface area contributed by atoms with Gasteiger partial charge in [0.2, 0.25) is 0 Å². The average Bonchev–Trinajstić information content (AvgIpc) is 2.90. The second-order valence-electron chi connectivity index (χ2n) is 10.1. The van der Waals surface area contributed by atoms with Gasteiger partial charge in [-0.15, -0.1) is 0 Å². The molecule has 184 valence electrons. The van der Waals surface area contributed by atoms with E-state index in [4.69, 9.17) is 23.2 Å². The van der Waals surface area contributed by atoms with Gasteiger partial charge in [0.15, 0.2) is 0 Å². The van der Waals surface area contributed by atoms with Gasteiger partial charge in [0, 0.05) is 42.8 Å². The highest BCUT2D eigenvalue weighted by Gasteiger charge is 2.34. The van der Waals surface area contributed by atoms with Gasteiger partial charge in [0.1, 0.15) is 0 Å². The summed E-state index contributed by atoms with van der Waals surface area (Å²) in [6.45, 7) is 6.26. The van der Waals surface area contributed by atoms with Crippen LogP contribution < -0.4 is 0 Å². The van der Waals surface area contributed by atoms with Crippen LogP contribution in [-0.2, 0) is 6.42 Å². The van der Waals surface area contributed by atoms with E-state index in [1.54, 1.807) is 6.20 Å². The lowest BCUT2D eigenvalue weighted by molar-refractivity contribution is 0.0395. The number of rotatable bonds is 5. The van der Waals surface area contributed by atoms with E-state index in [1.807, 2.05) is 47.4 Å². The smallest absolute Gasteiger partial charge is 0.253 e. The standard InChI is InChI=1S/C29H33Cl2N3O/c1-2-21-19-34(13-9-22(21)16-20-5-7-26(30)27(31)17-20)25-10-14-33(15-11-25)29(35)24-6-8-28-23(18-24)4-3-12-32-28/h3-8,12,17-18,21-22,25H,2,9-11,13-16,19H2,1H3. The van der Waals surface area contributed by atoms with Crippen molar-refractivity contribution in [3.8, 4) is 0 Å². The van der Waals surface area contributed by atoms with Crippen LogP contribution in [0.3, 0.4) is 0 Å². The van der Waals surface area contributed by atoms with E-state index in [-0.39, 0.29) is 5.91 Å². The van der Waals surface area contributed by atoms with E-state index in [2.05, 4.69) is 22.9 Å². The van der Waals surface area contributed by atoms with Crippen molar-refractivity contribution in [1.82, 2.24) is 14.8 Å². The molecule has 35 heavy (non-hydrogen) atoms. The molecule has 3 aromatic rings. The van der Waals surface area contributed by atoms with E-state index in [0.29, 0.717) is 27.9 Å². The first-order chi connectivity index (χ1) is 17.0. The van der Waals surface area contributed by atoms with Crippen molar-refractivity contribution in [2.24, 2.45) is 11.8 Å². The molecule has 0 saturated carbocycles. The van der Waals surface area contributed by atoms with Gasteiger partial charge < -0.3 is 4.90 Å². The molecule has 4 nitrogen and oxygen atoms in total. The van der Waals surface area contributed by atoms with E-state index in [0.717, 1.165) is 61.9 Å². The normalized spacial score (nSPS) is 22.0. The first-order valence-electron chi connectivity index (χ1n) is 12.8. The van der Waals surface area contributed by atoms with Gasteiger partial charge in [0.25, 0.3) is 5.91 Å². The molecular formula is C29H33Cl2N3O. The lowest BCUT2D eigenvalue weighted by Gasteiger charge is -2.45. The Labute approximate surface area is 218 Å². The summed E-state index contributed by atoms with van der Waals surface area (Å²) in [5.74, 6) is 1.50. The van der Waals surface area contributed by atoms with Gasteiger partial charge in [-0.1, -0.05) is 48.7 Å². The molecule has 0 aliphatic carbocycles. The number of likely N-dealkylation sites (tertiary alicyclic amines) is 2. The molecule has 2 fully saturated rings. The molecule has 2 aromatic carbocycles. The van der Waals surface area contributed by atoms with E-state index in [1.165, 1.54) is 18.4 Å². The van der Waals surface area contributed by atoms with Gasteiger partial charge in [-0.25, -0.2) is 0 Å². The summed E-state index contributed by atoms with van der Waals surface area (Å²) < 4.78 is 0. The third kappa shape index (κ3) is 5.50. The number of carbonyl (C=O) groups is 1. The lowest BCUT2D eigenvalue weighted by Crippen LogP contribution is -2.51. The molecule has 6 heteroatoms. The Bertz CT molecular complexity index is 1190. The van der Waals surface area contributed by atoms with Crippen molar-refractivity contribution in [2.45, 2.75) is 45.1 Å². The number of aromatic nitrogens is 1. The molecular weight excluding hydrogens is 477 g/mol. The van der Waals surface area contributed by atoms with Gasteiger partial charge >= 0.3 is 0 Å². The Morgan fingerprint density at radius 1 is 0.971 bits per heavy atom. The summed E-state index contributed by atoms with van der Waals surface area (Å²) in [5, 5.41) is 2.29. The Hall–Kier alpha value is -2.14. The number of piperidine rings is 2. The Balaban J connectivity index is 1.16. The number of halogens is 2. The zero-order valence-electron chi connectivity index (χ0n) is 20.3. The summed E-state index contributed by atoms with van der Waals surface area (Å²) in [5.41, 5.74) is 2.97. The molecule has 3 heterocycles. The fraction of sp³-hybridized carbons (Fsp3) is 0.448. The highest BCUT2D eigenvalue weighted by Crippen LogP contribution is 2.33. The Kier molecular flexibility index (Phi) is 7.62. The molecule has 2 atom stereocenters. The second-order valence-corrected chi connectivity index (χ2v) is 10.9. The van der Waals surface area contributed by atoms with Gasteiger partial charge in [-0.05, 0) is 86.0 Å². The summed E-state index contributed by atoms with van der Waals surface area (Å²) in [4.78, 5) is 22.3. The van der Waals surface area contributed by atoms with Crippen LogP contribution in [0.2, 0.25) is 10.0 Å². The molecule has 2 unspecified atom stereocenters. The number of hydrogen-bond acceptors (Lipinski definition) is 3. The fourth-order valence-electron chi connectivity index (χ4n) is 5.97. The lowest BCUT2D eigenvalue weighted by atomic mass is 9.79. The van der Waals surface area contributed by atoms with Crippen molar-refractivity contribution >= 4 is 40.0 Å². The number of pyridine rings is 1. The van der Waals surface area contributed by atoms with Crippen LogP contribution in [-0.4, -0.2) is 52.9 Å². The van der Waals surface area contributed by atoms with Crippen LogP contribution in [0.1, 0.15) is 48.5 Å². The highest BCUT2D eigenvalue weighted by atomic mass is 35.5. The van der Waals surface area contributed by atoms with Gasteiger partial charge in [-0.3, -0.25) is 14.7 Å². The molecule has 1 aromatic heterocycles. The maximum Gasteiger partial charge on any atom is 0.253 e. The molecule has 2 aliphatic heterocycles. The molecule has 0 N–H and O–H groups in total. The van der Waals surface area contributed by atoms with E-state index < -0.39 is 0 Å². The highest BCUT2D eigenvalue weighted by molar-refractivity contribution is 6.42. The molecule has 1 amide bonds. The number of nitrogens with zero attached hydrogens (tertiary/aromatic N) is 3. The first kappa shape index (κ1) is 24.5. The zero-order valence-corrected chi connectivity index (χ0v) is 21.8. The third-order valence-corrected chi connectivity index (χ3v) is 8.79. The van der Waals surface area contributed by atoms with Crippen molar-refractivity contribution < 1.29 is 4.79 Å². The van der Waals surface area contributed by atoms with Crippen molar-refractivity contribution in [1.29, 1.82) is 0 Å². The van der Waals surface area contributed by atoms with Crippen LogP contribution in [0, 0.1) is 11.8 Å². The predicted octanol–water partition coefficient (Wildman–Crippen LogP) is 6.74. The van der Waals surface area contributed by atoms with Gasteiger partial charge in [0.05, 0.1) is 15.6 Å². The zero-order chi connectivity index (χ0) is 24.4. The predicted molar refractivity (Wildman–Crippen MR) is 144 cm³/mol. The summed E-state index contributed by atoms with van der Waals surface area (Å²) in [6.07, 6.45) is 7.36. The number of fused-ring (bicyclic) bond motifs is 1. The third-order valence-electron chi connectivity index (χ3n) is 8.05. The Morgan fingerprint density at radius 3 is 2.57 bits per heavy atom. The second kappa shape index (κ2) is 10.9. The van der Waals surface area contributed by atoms with Crippen LogP contribution in [0.15, 0.2) is 54.7 Å². The summed E-state index contributed by atoms with van der Waals surface area (Å²) in [6, 6.07) is 16.4. The largest absolute Gasteiger partial charge is 0.339 e. The van der Waals surface area contributed by atoms with E-state index >= 15 is 0 Å². The summed E-state index contributed by atoms with van der Waals surface area (Å²) >= 11 is 12.4. The van der Waals surface area contributed by atoms with Gasteiger partial charge in [-0.2, -0.15) is 0 Å². The van der Waals surface area contributed by atoms with Crippen molar-refractivity contribution in [2.75, 3.05) is 26.2 Å². The average molecular weight is 511 g/mol. The minimum atomic E-state index is 0.140. The molecule has 0 radical (unpaired) electrons. The van der Waals surface area contributed by atoms with Crippen LogP contribution in [0.4, 0.5) is 0 Å². The SMILES string of the molecule is CCC1CN(C2CCN(C(=O)c3ccc4ncccc4c3)CC2)CCC1Cc1ccc(Cl)c(Cl)c1. The molecule has 2 saturated heterocycles. The number of carbonyl (C=O) groups excluding carboxylic acids is 1. The minimum Gasteiger partial charge on any atom is -0.339 e. The van der Waals surface area contributed by atoms with Crippen molar-refractivity contribution in [3.63, 3.8) is 0 Å². The van der Waals surface area contributed by atoms with Crippen LogP contribution in [0.5, 0.6) is 0 Å². The maximum absolute atomic E-state index is 13.2. The molecule has 0 spiro atoms.